The Morgan fingerprint density at radius 2 is 1.65 bits per heavy atom. The average molecular weight is 852 g/mol. The summed E-state index contributed by atoms with van der Waals surface area (Å²) in [4.78, 5) is 57.1. The zero-order valence-electron chi connectivity index (χ0n) is 32.9. The van der Waals surface area contributed by atoms with Crippen molar-refractivity contribution < 1.29 is 49.5 Å². The second-order valence-corrected chi connectivity index (χ2v) is 16.0. The van der Waals surface area contributed by atoms with Gasteiger partial charge in [-0.05, 0) is 56.9 Å². The molecule has 3 aliphatic rings. The van der Waals surface area contributed by atoms with Gasteiger partial charge in [-0.1, -0.05) is 6.07 Å². The Morgan fingerprint density at radius 1 is 0.967 bits per heavy atom. The van der Waals surface area contributed by atoms with E-state index >= 15 is 0 Å². The second kappa shape index (κ2) is 15.4. The Labute approximate surface area is 337 Å². The summed E-state index contributed by atoms with van der Waals surface area (Å²) in [5.74, 6) is -1.97. The third kappa shape index (κ3) is 8.49. The summed E-state index contributed by atoms with van der Waals surface area (Å²) in [6, 6.07) is 2.23. The number of halogens is 8. The van der Waals surface area contributed by atoms with E-state index in [4.69, 9.17) is 0 Å². The summed E-state index contributed by atoms with van der Waals surface area (Å²) in [6.45, 7) is 3.85. The van der Waals surface area contributed by atoms with E-state index in [2.05, 4.69) is 30.5 Å². The third-order valence-corrected chi connectivity index (χ3v) is 11.3. The van der Waals surface area contributed by atoms with E-state index in [-0.39, 0.29) is 79.6 Å². The van der Waals surface area contributed by atoms with E-state index in [0.29, 0.717) is 23.6 Å². The molecule has 3 fully saturated rings. The SMILES string of the molecule is CC(=O)N1CCN(c2ccc(C3CC34CCN(C(Cc3cnn(C(F)F)c3)C(=O)NC(C)(C)Cn3nc(C(F)(F)F)cc3-c3cnc(C)nc3)C4=O)c(C(F)(F)F)n2)CC1. The van der Waals surface area contributed by atoms with Gasteiger partial charge in [-0.3, -0.25) is 19.1 Å². The highest BCUT2D eigenvalue weighted by Gasteiger charge is 2.66. The van der Waals surface area contributed by atoms with Crippen LogP contribution in [0.25, 0.3) is 11.3 Å². The fourth-order valence-corrected chi connectivity index (χ4v) is 8.15. The number of carbonyl (C=O) groups excluding carboxylic acids is 3. The van der Waals surface area contributed by atoms with Gasteiger partial charge in [-0.25, -0.2) is 19.6 Å². The van der Waals surface area contributed by atoms with Gasteiger partial charge < -0.3 is 20.0 Å². The first-order valence-corrected chi connectivity index (χ1v) is 19.0. The molecule has 1 saturated carbocycles. The number of piperazine rings is 1. The van der Waals surface area contributed by atoms with Crippen molar-refractivity contribution in [2.24, 2.45) is 5.41 Å². The van der Waals surface area contributed by atoms with Crippen molar-refractivity contribution in [3.8, 4) is 11.3 Å². The molecule has 4 aromatic rings. The lowest BCUT2D eigenvalue weighted by Gasteiger charge is -2.35. The zero-order valence-corrected chi connectivity index (χ0v) is 32.9. The van der Waals surface area contributed by atoms with E-state index in [1.54, 1.807) is 16.7 Å². The minimum absolute atomic E-state index is 0.00773. The molecule has 0 bridgehead atoms. The highest BCUT2D eigenvalue weighted by molar-refractivity contribution is 5.94. The number of amides is 3. The summed E-state index contributed by atoms with van der Waals surface area (Å²) in [5, 5.41) is 10.2. The van der Waals surface area contributed by atoms with E-state index in [0.717, 1.165) is 23.1 Å². The predicted octanol–water partition coefficient (Wildman–Crippen LogP) is 5.25. The Hall–Kier alpha value is -5.70. The molecule has 0 radical (unpaired) electrons. The molecule has 60 heavy (non-hydrogen) atoms. The first-order valence-electron chi connectivity index (χ1n) is 19.0. The van der Waals surface area contributed by atoms with Gasteiger partial charge in [0, 0.05) is 76.1 Å². The molecule has 7 rings (SSSR count). The van der Waals surface area contributed by atoms with Gasteiger partial charge in [0.05, 0.1) is 29.4 Å². The van der Waals surface area contributed by atoms with Crippen molar-refractivity contribution in [2.75, 3.05) is 37.6 Å². The molecule has 2 saturated heterocycles. The van der Waals surface area contributed by atoms with Gasteiger partial charge in [-0.2, -0.15) is 45.3 Å². The number of rotatable bonds is 11. The molecule has 1 N–H and O–H groups in total. The Morgan fingerprint density at radius 3 is 2.25 bits per heavy atom. The quantitative estimate of drug-likeness (QED) is 0.200. The zero-order chi connectivity index (χ0) is 43.5. The lowest BCUT2D eigenvalue weighted by atomic mass is 9.96. The van der Waals surface area contributed by atoms with E-state index < -0.39 is 65.0 Å². The standard InChI is InChI=1S/C38H41F8N11O3/c1-21-47-17-24(18-48-21)27-14-29(37(41,42)43)52-57(27)20-35(3,4)51-32(59)28(13-23-16-49-56(19-23)34(39)40)55-8-7-36(33(55)60)15-26(36)25-5-6-30(50-31(25)38(44,45)46)54-11-9-53(10-12-54)22(2)58/h5-6,14,16-19,26,28,34H,7-13,15,20H2,1-4H3,(H,51,59). The summed E-state index contributed by atoms with van der Waals surface area (Å²) in [5.41, 5.74) is -4.78. The molecule has 3 atom stereocenters. The van der Waals surface area contributed by atoms with Gasteiger partial charge >= 0.3 is 18.9 Å². The average Bonchev–Trinajstić information content (AvgIpc) is 3.41. The molecular formula is C38H41F8N11O3. The third-order valence-electron chi connectivity index (χ3n) is 11.3. The fourth-order valence-electron chi connectivity index (χ4n) is 8.15. The predicted molar refractivity (Wildman–Crippen MR) is 196 cm³/mol. The number of hydrogen-bond donors (Lipinski definition) is 1. The first-order chi connectivity index (χ1) is 28.1. The van der Waals surface area contributed by atoms with Crippen molar-refractivity contribution in [3.05, 3.63) is 71.3 Å². The lowest BCUT2D eigenvalue weighted by molar-refractivity contribution is -0.143. The van der Waals surface area contributed by atoms with Crippen LogP contribution in [0.4, 0.5) is 40.9 Å². The van der Waals surface area contributed by atoms with Crippen LogP contribution < -0.4 is 10.2 Å². The number of anilines is 1. The maximum atomic E-state index is 14.6. The number of nitrogens with one attached hydrogen (secondary N) is 1. The largest absolute Gasteiger partial charge is 0.435 e. The molecule has 14 nitrogen and oxygen atoms in total. The van der Waals surface area contributed by atoms with Crippen LogP contribution >= 0.6 is 0 Å². The number of alkyl halides is 8. The van der Waals surface area contributed by atoms with E-state index in [9.17, 15) is 49.5 Å². The fraction of sp³-hybridized carbons (Fsp3) is 0.526. The monoisotopic (exact) mass is 851 g/mol. The topological polar surface area (TPSA) is 147 Å². The molecule has 4 aromatic heterocycles. The van der Waals surface area contributed by atoms with Crippen LogP contribution in [0, 0.1) is 12.3 Å². The van der Waals surface area contributed by atoms with Gasteiger partial charge in [0.2, 0.25) is 17.7 Å². The van der Waals surface area contributed by atoms with Crippen LogP contribution in [0.3, 0.4) is 0 Å². The molecule has 3 unspecified atom stereocenters. The number of aryl methyl sites for hydroxylation is 1. The van der Waals surface area contributed by atoms with Crippen LogP contribution in [-0.2, 0) is 39.7 Å². The molecule has 1 aliphatic carbocycles. The van der Waals surface area contributed by atoms with E-state index in [1.807, 2.05) is 0 Å². The van der Waals surface area contributed by atoms with Crippen molar-refractivity contribution in [2.45, 2.75) is 89.9 Å². The summed E-state index contributed by atoms with van der Waals surface area (Å²) >= 11 is 0. The van der Waals surface area contributed by atoms with Gasteiger partial charge in [0.15, 0.2) is 5.69 Å². The molecule has 1 spiro atoms. The smallest absolute Gasteiger partial charge is 0.353 e. The molecular weight excluding hydrogens is 810 g/mol. The molecule has 6 heterocycles. The highest BCUT2D eigenvalue weighted by atomic mass is 19.4. The van der Waals surface area contributed by atoms with Crippen molar-refractivity contribution in [1.29, 1.82) is 0 Å². The van der Waals surface area contributed by atoms with Crippen LogP contribution in [0.1, 0.15) is 74.4 Å². The maximum Gasteiger partial charge on any atom is 0.435 e. The van der Waals surface area contributed by atoms with Crippen molar-refractivity contribution in [3.63, 3.8) is 0 Å². The van der Waals surface area contributed by atoms with Crippen LogP contribution in [0.2, 0.25) is 0 Å². The molecule has 322 valence electrons. The number of carbonyl (C=O) groups is 3. The number of nitrogens with zero attached hydrogens (tertiary/aromatic N) is 10. The normalized spacial score (nSPS) is 20.4. The minimum atomic E-state index is -4.88. The summed E-state index contributed by atoms with van der Waals surface area (Å²) in [6.07, 6.45) is -5.10. The van der Waals surface area contributed by atoms with E-state index in [1.165, 1.54) is 50.2 Å². The Bertz CT molecular complexity index is 2270. The Kier molecular flexibility index (Phi) is 10.9. The van der Waals surface area contributed by atoms with Gasteiger partial charge in [0.25, 0.3) is 0 Å². The molecule has 0 aromatic carbocycles. The van der Waals surface area contributed by atoms with Crippen LogP contribution in [-0.4, -0.2) is 106 Å². The van der Waals surface area contributed by atoms with Crippen LogP contribution in [0.5, 0.6) is 0 Å². The molecule has 3 amide bonds. The minimum Gasteiger partial charge on any atom is -0.353 e. The number of likely N-dealkylation sites (tertiary alicyclic amines) is 1. The van der Waals surface area contributed by atoms with Crippen molar-refractivity contribution in [1.82, 2.24) is 49.6 Å². The first kappa shape index (κ1) is 42.4. The number of aromatic nitrogens is 7. The van der Waals surface area contributed by atoms with Crippen LogP contribution in [0.15, 0.2) is 43.0 Å². The second-order valence-electron chi connectivity index (χ2n) is 16.0. The number of hydrogen-bond acceptors (Lipinski definition) is 9. The number of pyridine rings is 1. The summed E-state index contributed by atoms with van der Waals surface area (Å²) in [7, 11) is 0. The highest BCUT2D eigenvalue weighted by Crippen LogP contribution is 2.66. The maximum absolute atomic E-state index is 14.6. The molecule has 2 aliphatic heterocycles. The van der Waals surface area contributed by atoms with Crippen molar-refractivity contribution >= 4 is 23.5 Å². The molecule has 22 heteroatoms. The lowest BCUT2D eigenvalue weighted by Crippen LogP contribution is -2.56. The van der Waals surface area contributed by atoms with Gasteiger partial charge in [-0.15, -0.1) is 0 Å². The Balaban J connectivity index is 1.14. The summed E-state index contributed by atoms with van der Waals surface area (Å²) < 4.78 is 114. The van der Waals surface area contributed by atoms with Gasteiger partial charge in [0.1, 0.15) is 23.4 Å².